The number of hydrogen-bond donors (Lipinski definition) is 2. The average molecular weight is 388 g/mol. The first kappa shape index (κ1) is 20.1. The van der Waals surface area contributed by atoms with Gasteiger partial charge in [-0.05, 0) is 47.9 Å². The molecule has 0 saturated heterocycles. The van der Waals surface area contributed by atoms with E-state index in [1.807, 2.05) is 61.5 Å². The van der Waals surface area contributed by atoms with Crippen molar-refractivity contribution >= 4 is 17.5 Å². The number of carbonyl (C=O) groups excluding carboxylic acids is 2. The minimum Gasteiger partial charge on any atom is -0.489 e. The summed E-state index contributed by atoms with van der Waals surface area (Å²) < 4.78 is 5.72. The van der Waals surface area contributed by atoms with Gasteiger partial charge in [-0.1, -0.05) is 54.6 Å². The van der Waals surface area contributed by atoms with Crippen LogP contribution in [0, 0.1) is 6.92 Å². The second-order valence-electron chi connectivity index (χ2n) is 6.73. The van der Waals surface area contributed by atoms with Crippen molar-refractivity contribution in [3.63, 3.8) is 0 Å². The maximum Gasteiger partial charge on any atom is 0.233 e. The summed E-state index contributed by atoms with van der Waals surface area (Å²) in [6.07, 6.45) is -0.224. The van der Waals surface area contributed by atoms with Crippen molar-refractivity contribution in [1.82, 2.24) is 5.32 Å². The summed E-state index contributed by atoms with van der Waals surface area (Å²) in [6, 6.07) is 24.8. The predicted molar refractivity (Wildman–Crippen MR) is 113 cm³/mol. The van der Waals surface area contributed by atoms with E-state index in [9.17, 15) is 9.59 Å². The zero-order chi connectivity index (χ0) is 20.5. The van der Waals surface area contributed by atoms with Crippen LogP contribution in [0.25, 0.3) is 0 Å². The number of amides is 2. The summed E-state index contributed by atoms with van der Waals surface area (Å²) in [5.74, 6) is 0.0432. The first-order valence-electron chi connectivity index (χ1n) is 9.48. The molecule has 0 atom stereocenters. The average Bonchev–Trinajstić information content (AvgIpc) is 2.73. The molecule has 3 aromatic rings. The number of rotatable bonds is 8. The van der Waals surface area contributed by atoms with Crippen molar-refractivity contribution in [2.24, 2.45) is 0 Å². The number of carbonyl (C=O) groups is 2. The minimum absolute atomic E-state index is 0.224. The van der Waals surface area contributed by atoms with Gasteiger partial charge in [0.1, 0.15) is 18.8 Å². The van der Waals surface area contributed by atoms with Gasteiger partial charge in [-0.3, -0.25) is 9.59 Å². The van der Waals surface area contributed by atoms with Crippen LogP contribution in [-0.4, -0.2) is 11.8 Å². The quantitative estimate of drug-likeness (QED) is 0.568. The van der Waals surface area contributed by atoms with Gasteiger partial charge in [-0.15, -0.1) is 0 Å². The van der Waals surface area contributed by atoms with Gasteiger partial charge in [-0.2, -0.15) is 0 Å². The molecular formula is C24H24N2O3. The molecule has 2 amide bonds. The number of ether oxygens (including phenoxy) is 1. The number of anilines is 1. The number of hydrogen-bond acceptors (Lipinski definition) is 3. The summed E-state index contributed by atoms with van der Waals surface area (Å²) in [6.45, 7) is 2.88. The topological polar surface area (TPSA) is 67.4 Å². The van der Waals surface area contributed by atoms with Gasteiger partial charge < -0.3 is 15.4 Å². The molecule has 5 nitrogen and oxygen atoms in total. The highest BCUT2D eigenvalue weighted by Crippen LogP contribution is 2.17. The fraction of sp³-hybridized carbons (Fsp3) is 0.167. The lowest BCUT2D eigenvalue weighted by atomic mass is 10.1. The van der Waals surface area contributed by atoms with E-state index in [1.54, 1.807) is 24.3 Å². The summed E-state index contributed by atoms with van der Waals surface area (Å²) in [5.41, 5.74) is 3.84. The zero-order valence-electron chi connectivity index (χ0n) is 16.4. The van der Waals surface area contributed by atoms with Crippen molar-refractivity contribution in [2.75, 3.05) is 5.32 Å². The molecule has 3 aromatic carbocycles. The smallest absolute Gasteiger partial charge is 0.233 e. The minimum atomic E-state index is -0.356. The largest absolute Gasteiger partial charge is 0.489 e. The molecule has 0 aromatic heterocycles. The molecule has 0 spiro atoms. The standard InChI is InChI=1S/C24H24N2O3/c1-18-7-5-6-10-20(18)16-25-23(27)15-24(28)26-21-11-13-22(14-12-21)29-17-19-8-3-2-4-9-19/h2-14H,15-17H2,1H3,(H,25,27)(H,26,28). The van der Waals surface area contributed by atoms with Crippen molar-refractivity contribution in [3.05, 3.63) is 95.6 Å². The van der Waals surface area contributed by atoms with E-state index in [4.69, 9.17) is 4.74 Å². The van der Waals surface area contributed by atoms with Crippen LogP contribution in [0.5, 0.6) is 5.75 Å². The lowest BCUT2D eigenvalue weighted by molar-refractivity contribution is -0.126. The molecule has 0 aliphatic heterocycles. The Labute approximate surface area is 170 Å². The third-order valence-corrected chi connectivity index (χ3v) is 4.44. The summed E-state index contributed by atoms with van der Waals surface area (Å²) in [5, 5.41) is 5.51. The number of nitrogens with one attached hydrogen (secondary N) is 2. The molecule has 0 heterocycles. The van der Waals surface area contributed by atoms with Crippen LogP contribution in [0.3, 0.4) is 0 Å². The molecule has 0 bridgehead atoms. The van der Waals surface area contributed by atoms with E-state index in [0.29, 0.717) is 24.6 Å². The van der Waals surface area contributed by atoms with Crippen LogP contribution >= 0.6 is 0 Å². The highest BCUT2D eigenvalue weighted by Gasteiger charge is 2.10. The van der Waals surface area contributed by atoms with E-state index < -0.39 is 0 Å². The molecule has 0 radical (unpaired) electrons. The molecule has 5 heteroatoms. The fourth-order valence-corrected chi connectivity index (χ4v) is 2.79. The van der Waals surface area contributed by atoms with Gasteiger partial charge in [0.25, 0.3) is 0 Å². The Morgan fingerprint density at radius 2 is 1.52 bits per heavy atom. The normalized spacial score (nSPS) is 10.2. The summed E-state index contributed by atoms with van der Waals surface area (Å²) >= 11 is 0. The lowest BCUT2D eigenvalue weighted by Crippen LogP contribution is -2.28. The highest BCUT2D eigenvalue weighted by atomic mass is 16.5. The van der Waals surface area contributed by atoms with Crippen molar-refractivity contribution in [2.45, 2.75) is 26.5 Å². The molecular weight excluding hydrogens is 364 g/mol. The third kappa shape index (κ3) is 6.50. The Bertz CT molecular complexity index is 953. The van der Waals surface area contributed by atoms with Crippen molar-refractivity contribution < 1.29 is 14.3 Å². The van der Waals surface area contributed by atoms with Crippen LogP contribution in [-0.2, 0) is 22.7 Å². The summed E-state index contributed by atoms with van der Waals surface area (Å²) in [4.78, 5) is 24.1. The van der Waals surface area contributed by atoms with Gasteiger partial charge in [0.05, 0.1) is 0 Å². The Balaban J connectivity index is 1.42. The Morgan fingerprint density at radius 1 is 0.828 bits per heavy atom. The van der Waals surface area contributed by atoms with E-state index in [1.165, 1.54) is 0 Å². The Hall–Kier alpha value is -3.60. The van der Waals surface area contributed by atoms with Crippen LogP contribution < -0.4 is 15.4 Å². The number of aryl methyl sites for hydroxylation is 1. The van der Waals surface area contributed by atoms with Crippen LogP contribution in [0.1, 0.15) is 23.1 Å². The highest BCUT2D eigenvalue weighted by molar-refractivity contribution is 6.03. The summed E-state index contributed by atoms with van der Waals surface area (Å²) in [7, 11) is 0. The first-order chi connectivity index (χ1) is 14.1. The molecule has 0 aliphatic carbocycles. The molecule has 2 N–H and O–H groups in total. The van der Waals surface area contributed by atoms with Crippen LogP contribution in [0.4, 0.5) is 5.69 Å². The van der Waals surface area contributed by atoms with Gasteiger partial charge in [-0.25, -0.2) is 0 Å². The molecule has 0 saturated carbocycles. The Morgan fingerprint density at radius 3 is 2.24 bits per heavy atom. The second-order valence-corrected chi connectivity index (χ2v) is 6.73. The van der Waals surface area contributed by atoms with Gasteiger partial charge in [0.2, 0.25) is 11.8 Å². The molecule has 0 unspecified atom stereocenters. The SMILES string of the molecule is Cc1ccccc1CNC(=O)CC(=O)Nc1ccc(OCc2ccccc2)cc1. The van der Waals surface area contributed by atoms with Crippen LogP contribution in [0.2, 0.25) is 0 Å². The monoisotopic (exact) mass is 388 g/mol. The van der Waals surface area contributed by atoms with E-state index in [-0.39, 0.29) is 18.2 Å². The fourth-order valence-electron chi connectivity index (χ4n) is 2.79. The zero-order valence-corrected chi connectivity index (χ0v) is 16.4. The van der Waals surface area contributed by atoms with Crippen molar-refractivity contribution in [1.29, 1.82) is 0 Å². The van der Waals surface area contributed by atoms with Gasteiger partial charge in [0, 0.05) is 12.2 Å². The molecule has 3 rings (SSSR count). The van der Waals surface area contributed by atoms with Gasteiger partial charge >= 0.3 is 0 Å². The molecule has 0 aliphatic rings. The molecule has 29 heavy (non-hydrogen) atoms. The van der Waals surface area contributed by atoms with E-state index >= 15 is 0 Å². The second kappa shape index (κ2) is 10.1. The van der Waals surface area contributed by atoms with E-state index in [0.717, 1.165) is 16.7 Å². The predicted octanol–water partition coefficient (Wildman–Crippen LogP) is 4.22. The first-order valence-corrected chi connectivity index (χ1v) is 9.48. The third-order valence-electron chi connectivity index (χ3n) is 4.44. The van der Waals surface area contributed by atoms with E-state index in [2.05, 4.69) is 10.6 Å². The Kier molecular flexibility index (Phi) is 7.00. The number of benzene rings is 3. The maximum absolute atomic E-state index is 12.1. The molecule has 148 valence electrons. The van der Waals surface area contributed by atoms with Gasteiger partial charge in [0.15, 0.2) is 0 Å². The van der Waals surface area contributed by atoms with Crippen molar-refractivity contribution in [3.8, 4) is 5.75 Å². The molecule has 0 fully saturated rings. The lowest BCUT2D eigenvalue weighted by Gasteiger charge is -2.09. The van der Waals surface area contributed by atoms with Crippen LogP contribution in [0.15, 0.2) is 78.9 Å². The maximum atomic E-state index is 12.1.